The molecular formula is C52H67ClN3O12+. The molecule has 16 heteroatoms. The van der Waals surface area contributed by atoms with Crippen molar-refractivity contribution in [1.82, 2.24) is 4.98 Å². The van der Waals surface area contributed by atoms with Crippen molar-refractivity contribution in [2.24, 2.45) is 29.6 Å². The summed E-state index contributed by atoms with van der Waals surface area (Å²) >= 11 is 6.81. The van der Waals surface area contributed by atoms with E-state index in [-0.39, 0.29) is 95.3 Å². The summed E-state index contributed by atoms with van der Waals surface area (Å²) in [5.74, 6) is -5.81. The van der Waals surface area contributed by atoms with Gasteiger partial charge in [0.2, 0.25) is 0 Å². The Bertz CT molecular complexity index is 2810. The van der Waals surface area contributed by atoms with Crippen LogP contribution in [-0.4, -0.2) is 101 Å². The number of aliphatic hydroxyl groups excluding tert-OH is 1. The highest BCUT2D eigenvalue weighted by Crippen LogP contribution is 2.49. The van der Waals surface area contributed by atoms with Gasteiger partial charge >= 0.3 is 11.8 Å². The molecule has 68 heavy (non-hydrogen) atoms. The Labute approximate surface area is 402 Å². The van der Waals surface area contributed by atoms with E-state index in [1.54, 1.807) is 37.3 Å². The molecule has 0 unspecified atom stereocenters. The number of carbonyl (C=O) groups is 3. The van der Waals surface area contributed by atoms with E-state index in [1.807, 2.05) is 34.6 Å². The van der Waals surface area contributed by atoms with Crippen LogP contribution in [0.3, 0.4) is 0 Å². The van der Waals surface area contributed by atoms with Crippen LogP contribution in [0.15, 0.2) is 57.5 Å². The van der Waals surface area contributed by atoms with Gasteiger partial charge in [-0.2, -0.15) is 0 Å². The minimum absolute atomic E-state index is 0.00658. The number of carbonyl (C=O) groups excluding carboxylic acids is 3. The number of aromatic nitrogens is 1. The molecule has 4 bridgehead atoms. The zero-order valence-electron chi connectivity index (χ0n) is 41.8. The molecule has 15 nitrogen and oxygen atoms in total. The average molecular weight is 962 g/mol. The van der Waals surface area contributed by atoms with Gasteiger partial charge < -0.3 is 48.1 Å². The second kappa shape index (κ2) is 19.5. The molecule has 0 fully saturated rings. The molecule has 9 atom stereocenters. The number of ether oxygens (including phenoxy) is 5. The van der Waals surface area contributed by atoms with Crippen LogP contribution >= 0.6 is 11.6 Å². The molecule has 3 heterocycles. The summed E-state index contributed by atoms with van der Waals surface area (Å²) < 4.78 is 37.6. The van der Waals surface area contributed by atoms with Gasteiger partial charge in [0.1, 0.15) is 47.5 Å². The van der Waals surface area contributed by atoms with E-state index < -0.39 is 58.9 Å². The van der Waals surface area contributed by atoms with E-state index in [0.717, 1.165) is 0 Å². The number of aliphatic hydroxyl groups is 1. The molecule has 1 aromatic heterocycles. The summed E-state index contributed by atoms with van der Waals surface area (Å²) in [6.45, 7) is 22.8. The van der Waals surface area contributed by atoms with Crippen molar-refractivity contribution >= 4 is 67.9 Å². The standard InChI is InChI=1S/C52H66ClN3O12/c1-25-17-16-18-26(2)50(62)55-42-45(60)39-38(41-48(42)67-37-24-36(33(53)23-34(37)54-41)64-22-20-56(13,14)51(9,10)11)40-47(31(7)44(39)59)68-52(12,49(40)61)65-21-19-35(63-15)30(6)46(66-32(8)57)29(5)27(3)28(4)43(25)58/h16-19,21,23-25,27-30,35,43,46,58H,20,22H2,1-15H3,(H-,54,55,59,60,61,62)/p+1/b17-16+,21-19+,26-18-/t25-,27+,28-,29+,30+,35-,43-,46-,52-/m0/s1. The third-order valence-electron chi connectivity index (χ3n) is 14.7. The Balaban J connectivity index is 1.58. The fraction of sp³-hybridized carbons (Fsp3) is 0.519. The van der Waals surface area contributed by atoms with Crippen molar-refractivity contribution in [3.05, 3.63) is 74.6 Å². The Morgan fingerprint density at radius 3 is 2.31 bits per heavy atom. The Morgan fingerprint density at radius 2 is 1.68 bits per heavy atom. The van der Waals surface area contributed by atoms with Gasteiger partial charge in [0.15, 0.2) is 22.3 Å². The zero-order valence-corrected chi connectivity index (χ0v) is 42.6. The number of fused-ring (bicyclic) bond motifs is 2. The Hall–Kier alpha value is -5.48. The van der Waals surface area contributed by atoms with E-state index in [4.69, 9.17) is 44.7 Å². The number of anilines is 1. The summed E-state index contributed by atoms with van der Waals surface area (Å²) in [6, 6.07) is 3.10. The number of phenols is 1. The molecule has 0 spiro atoms. The number of Topliss-reactive ketones (excluding diaryl/α,β-unsaturated/α-hetero) is 1. The smallest absolute Gasteiger partial charge is 0.312 e. The lowest BCUT2D eigenvalue weighted by Gasteiger charge is -2.42. The van der Waals surface area contributed by atoms with Crippen molar-refractivity contribution in [2.75, 3.05) is 39.7 Å². The molecule has 0 saturated heterocycles. The quantitative estimate of drug-likeness (QED) is 0.0545. The van der Waals surface area contributed by atoms with Crippen molar-refractivity contribution in [1.29, 1.82) is 0 Å². The SMILES string of the molecule is CO[C@H]1/C=C/O[C@@]2(C)Oc3c(C)c(=O)c4c(O)c(c5oc6cc(OCC[N+](C)(C)C(C)(C)C)c(Cl)cc6nc5c4c3C2=O)NC(=O)/C(C)=C\C=C\[C@H](C)[C@H](O)[C@@H](C)[C@@H](C)[C@@H](C)[C@H](OC(C)=O)[C@@H]1C. The van der Waals surface area contributed by atoms with Crippen LogP contribution in [0.4, 0.5) is 5.69 Å². The zero-order chi connectivity index (χ0) is 50.5. The van der Waals surface area contributed by atoms with Crippen LogP contribution in [0.2, 0.25) is 5.02 Å². The number of halogens is 1. The Morgan fingerprint density at radius 1 is 1.00 bits per heavy atom. The number of nitrogens with one attached hydrogen (secondary N) is 1. The Kier molecular flexibility index (Phi) is 14.9. The first kappa shape index (κ1) is 51.9. The highest BCUT2D eigenvalue weighted by Gasteiger charge is 2.49. The number of amides is 1. The van der Waals surface area contributed by atoms with Crippen LogP contribution in [-0.2, 0) is 23.8 Å². The van der Waals surface area contributed by atoms with Crippen molar-refractivity contribution < 1.29 is 57.2 Å². The molecule has 0 aliphatic carbocycles. The molecule has 2 aliphatic heterocycles. The first-order valence-electron chi connectivity index (χ1n) is 23.0. The third kappa shape index (κ3) is 9.72. The molecule has 6 rings (SSSR count). The first-order chi connectivity index (χ1) is 31.6. The van der Waals surface area contributed by atoms with Crippen molar-refractivity contribution in [3.8, 4) is 17.2 Å². The second-order valence-electron chi connectivity index (χ2n) is 20.3. The van der Waals surface area contributed by atoms with Gasteiger partial charge in [0.05, 0.1) is 54.1 Å². The molecular weight excluding hydrogens is 894 g/mol. The summed E-state index contributed by atoms with van der Waals surface area (Å²) in [5, 5.41) is 26.4. The van der Waals surface area contributed by atoms with Gasteiger partial charge in [0.25, 0.3) is 11.7 Å². The van der Waals surface area contributed by atoms with Crippen LogP contribution in [0.5, 0.6) is 17.2 Å². The lowest BCUT2D eigenvalue weighted by Crippen LogP contribution is -2.55. The number of ketones is 1. The maximum Gasteiger partial charge on any atom is 0.312 e. The predicted molar refractivity (Wildman–Crippen MR) is 262 cm³/mol. The highest BCUT2D eigenvalue weighted by molar-refractivity contribution is 6.33. The summed E-state index contributed by atoms with van der Waals surface area (Å²) in [5.41, 5.74) is -0.766. The molecule has 1 amide bonds. The van der Waals surface area contributed by atoms with Crippen LogP contribution < -0.4 is 20.2 Å². The number of hydrogen-bond donors (Lipinski definition) is 3. The van der Waals surface area contributed by atoms with E-state index in [9.17, 15) is 29.4 Å². The molecule has 0 radical (unpaired) electrons. The molecule has 2 aliphatic rings. The number of methoxy groups -OCH3 is 1. The van der Waals surface area contributed by atoms with Gasteiger partial charge in [-0.15, -0.1) is 0 Å². The molecule has 3 N–H and O–H groups in total. The number of allylic oxidation sites excluding steroid dienone is 2. The van der Waals surface area contributed by atoms with E-state index in [0.29, 0.717) is 23.4 Å². The number of nitrogens with zero attached hydrogens (tertiary/aromatic N) is 2. The normalized spacial score (nSPS) is 28.2. The van der Waals surface area contributed by atoms with Gasteiger partial charge in [-0.3, -0.25) is 19.2 Å². The second-order valence-corrected chi connectivity index (χ2v) is 20.7. The fourth-order valence-corrected chi connectivity index (χ4v) is 9.07. The van der Waals surface area contributed by atoms with Gasteiger partial charge in [-0.05, 0) is 64.5 Å². The number of phenolic OH excluding ortho intramolecular Hbond substituents is 1. The summed E-state index contributed by atoms with van der Waals surface area (Å²) in [4.78, 5) is 60.8. The monoisotopic (exact) mass is 960 g/mol. The third-order valence-corrected chi connectivity index (χ3v) is 15.0. The number of aromatic hydroxyl groups is 1. The van der Waals surface area contributed by atoms with Crippen molar-refractivity contribution in [2.45, 2.75) is 113 Å². The molecule has 3 aromatic carbocycles. The number of likely N-dealkylation sites (N-methyl/N-ethyl adjacent to an activating group) is 1. The van der Waals surface area contributed by atoms with Gasteiger partial charge in [0, 0.05) is 55.4 Å². The molecule has 4 aromatic rings. The van der Waals surface area contributed by atoms with Crippen LogP contribution in [0.25, 0.3) is 33.0 Å². The maximum absolute atomic E-state index is 14.8. The predicted octanol–water partition coefficient (Wildman–Crippen LogP) is 9.18. The highest BCUT2D eigenvalue weighted by atomic mass is 35.5. The number of esters is 1. The largest absolute Gasteiger partial charge is 0.505 e. The lowest BCUT2D eigenvalue weighted by molar-refractivity contribution is -0.935. The minimum atomic E-state index is -2.03. The minimum Gasteiger partial charge on any atom is -0.505 e. The maximum atomic E-state index is 14.8. The van der Waals surface area contributed by atoms with E-state index >= 15 is 0 Å². The topological polar surface area (TPSA) is 193 Å². The lowest BCUT2D eigenvalue weighted by atomic mass is 9.73. The van der Waals surface area contributed by atoms with Crippen molar-refractivity contribution in [3.63, 3.8) is 0 Å². The number of benzene rings is 3. The fourth-order valence-electron chi connectivity index (χ4n) is 8.85. The first-order valence-corrected chi connectivity index (χ1v) is 23.4. The molecule has 0 saturated carbocycles. The van der Waals surface area contributed by atoms with E-state index in [2.05, 4.69) is 40.2 Å². The summed E-state index contributed by atoms with van der Waals surface area (Å²) in [6.07, 6.45) is 5.68. The number of quaternary nitrogens is 1. The van der Waals surface area contributed by atoms with Gasteiger partial charge in [-0.1, -0.05) is 64.4 Å². The van der Waals surface area contributed by atoms with Crippen LogP contribution in [0.1, 0.15) is 92.1 Å². The average Bonchev–Trinajstić information content (AvgIpc) is 3.53. The number of rotatable bonds is 6. The number of hydrogen-bond acceptors (Lipinski definition) is 13. The summed E-state index contributed by atoms with van der Waals surface area (Å²) in [7, 11) is 5.72. The van der Waals surface area contributed by atoms with E-state index in [1.165, 1.54) is 40.2 Å². The van der Waals surface area contributed by atoms with Gasteiger partial charge in [-0.25, -0.2) is 4.98 Å². The molecule has 368 valence electrons. The van der Waals surface area contributed by atoms with Crippen LogP contribution in [0, 0.1) is 36.5 Å².